The number of nitrogens with one attached hydrogen (secondary N) is 1. The van der Waals surface area contributed by atoms with Crippen LogP contribution < -0.4 is 4.74 Å². The van der Waals surface area contributed by atoms with Gasteiger partial charge in [0, 0.05) is 36.5 Å². The van der Waals surface area contributed by atoms with Gasteiger partial charge in [0.15, 0.2) is 0 Å². The summed E-state index contributed by atoms with van der Waals surface area (Å²) in [5, 5.41) is 7.21. The molecule has 0 spiro atoms. The van der Waals surface area contributed by atoms with Gasteiger partial charge in [-0.05, 0) is 50.6 Å². The Bertz CT molecular complexity index is 857. The molecule has 6 nitrogen and oxygen atoms in total. The molecule has 136 valence electrons. The molecule has 26 heavy (non-hydrogen) atoms. The highest BCUT2D eigenvalue weighted by atomic mass is 16.5. The smallest absolute Gasteiger partial charge is 0.226 e. The molecule has 1 aromatic carbocycles. The van der Waals surface area contributed by atoms with E-state index in [1.54, 1.807) is 7.11 Å². The van der Waals surface area contributed by atoms with Crippen molar-refractivity contribution in [2.24, 2.45) is 0 Å². The second kappa shape index (κ2) is 7.33. The molecule has 0 amide bonds. The van der Waals surface area contributed by atoms with Crippen molar-refractivity contribution < 1.29 is 9.15 Å². The first kappa shape index (κ1) is 16.8. The lowest BCUT2D eigenvalue weighted by atomic mass is 9.95. The highest BCUT2D eigenvalue weighted by molar-refractivity contribution is 5.56. The third kappa shape index (κ3) is 3.51. The van der Waals surface area contributed by atoms with Crippen LogP contribution in [0.3, 0.4) is 0 Å². The summed E-state index contributed by atoms with van der Waals surface area (Å²) in [6, 6.07) is 9.89. The van der Waals surface area contributed by atoms with Crippen molar-refractivity contribution in [3.05, 3.63) is 53.7 Å². The van der Waals surface area contributed by atoms with Crippen LogP contribution in [0.2, 0.25) is 0 Å². The molecule has 0 radical (unpaired) electrons. The topological polar surface area (TPSA) is 67.2 Å². The van der Waals surface area contributed by atoms with Gasteiger partial charge in [-0.1, -0.05) is 6.07 Å². The van der Waals surface area contributed by atoms with Crippen LogP contribution in [-0.4, -0.2) is 40.3 Å². The molecule has 0 bridgehead atoms. The van der Waals surface area contributed by atoms with Gasteiger partial charge in [-0.2, -0.15) is 5.10 Å². The van der Waals surface area contributed by atoms with Crippen LogP contribution in [0, 0.1) is 6.92 Å². The summed E-state index contributed by atoms with van der Waals surface area (Å²) < 4.78 is 11.2. The van der Waals surface area contributed by atoms with Gasteiger partial charge in [-0.25, -0.2) is 4.98 Å². The minimum absolute atomic E-state index is 0.510. The summed E-state index contributed by atoms with van der Waals surface area (Å²) in [5.74, 6) is 2.85. The molecule has 4 rings (SSSR count). The van der Waals surface area contributed by atoms with Crippen molar-refractivity contribution in [2.45, 2.75) is 32.2 Å². The predicted octanol–water partition coefficient (Wildman–Crippen LogP) is 3.76. The van der Waals surface area contributed by atoms with Crippen molar-refractivity contribution >= 4 is 0 Å². The molecule has 1 aliphatic heterocycles. The van der Waals surface area contributed by atoms with Crippen molar-refractivity contribution in [2.75, 3.05) is 20.2 Å². The van der Waals surface area contributed by atoms with Crippen LogP contribution >= 0.6 is 0 Å². The first-order chi connectivity index (χ1) is 12.7. The maximum atomic E-state index is 5.93. The third-order valence-electron chi connectivity index (χ3n) is 5.05. The predicted molar refractivity (Wildman–Crippen MR) is 99.1 cm³/mol. The van der Waals surface area contributed by atoms with E-state index < -0.39 is 0 Å². The SMILES string of the molecule is COc1cccc(-c2nc(CN3CCC[C@H](c4ccn[nH]4)C3)c(C)o2)c1. The van der Waals surface area contributed by atoms with Crippen molar-refractivity contribution in [3.8, 4) is 17.2 Å². The number of hydrogen-bond acceptors (Lipinski definition) is 5. The van der Waals surface area contributed by atoms with E-state index in [4.69, 9.17) is 14.1 Å². The number of oxazole rings is 1. The molecular formula is C20H24N4O2. The number of nitrogens with zero attached hydrogens (tertiary/aromatic N) is 3. The fourth-order valence-electron chi connectivity index (χ4n) is 3.61. The Morgan fingerprint density at radius 2 is 2.27 bits per heavy atom. The fourth-order valence-corrected chi connectivity index (χ4v) is 3.61. The summed E-state index contributed by atoms with van der Waals surface area (Å²) in [7, 11) is 1.66. The first-order valence-electron chi connectivity index (χ1n) is 9.05. The normalized spacial score (nSPS) is 18.2. The zero-order valence-electron chi connectivity index (χ0n) is 15.2. The number of likely N-dealkylation sites (tertiary alicyclic amines) is 1. The Hall–Kier alpha value is -2.60. The Kier molecular flexibility index (Phi) is 4.75. The number of aryl methyl sites for hydroxylation is 1. The third-order valence-corrected chi connectivity index (χ3v) is 5.05. The molecule has 1 saturated heterocycles. The monoisotopic (exact) mass is 352 g/mol. The summed E-state index contributed by atoms with van der Waals surface area (Å²) in [5.41, 5.74) is 3.17. The van der Waals surface area contributed by atoms with Gasteiger partial charge in [-0.15, -0.1) is 0 Å². The van der Waals surface area contributed by atoms with Gasteiger partial charge < -0.3 is 9.15 Å². The zero-order chi connectivity index (χ0) is 17.9. The van der Waals surface area contributed by atoms with Gasteiger partial charge in [0.2, 0.25) is 5.89 Å². The van der Waals surface area contributed by atoms with Crippen molar-refractivity contribution in [3.63, 3.8) is 0 Å². The number of hydrogen-bond donors (Lipinski definition) is 1. The number of aromatic amines is 1. The molecule has 1 fully saturated rings. The second-order valence-corrected chi connectivity index (χ2v) is 6.84. The van der Waals surface area contributed by atoms with E-state index in [1.807, 2.05) is 37.4 Å². The van der Waals surface area contributed by atoms with E-state index in [0.29, 0.717) is 11.8 Å². The molecule has 6 heteroatoms. The fraction of sp³-hybridized carbons (Fsp3) is 0.400. The van der Waals surface area contributed by atoms with Gasteiger partial charge in [-0.3, -0.25) is 10.00 Å². The average Bonchev–Trinajstić information content (AvgIpc) is 3.33. The first-order valence-corrected chi connectivity index (χ1v) is 9.05. The molecule has 1 aliphatic rings. The van der Waals surface area contributed by atoms with Crippen LogP contribution in [0.5, 0.6) is 5.75 Å². The number of ether oxygens (including phenoxy) is 1. The van der Waals surface area contributed by atoms with Gasteiger partial charge in [0.25, 0.3) is 0 Å². The molecular weight excluding hydrogens is 328 g/mol. The number of rotatable bonds is 5. The van der Waals surface area contributed by atoms with Crippen molar-refractivity contribution in [1.29, 1.82) is 0 Å². The lowest BCUT2D eigenvalue weighted by Crippen LogP contribution is -2.34. The van der Waals surface area contributed by atoms with Gasteiger partial charge in [0.05, 0.1) is 12.8 Å². The van der Waals surface area contributed by atoms with Crippen LogP contribution in [0.15, 0.2) is 40.9 Å². The summed E-state index contributed by atoms with van der Waals surface area (Å²) in [6.07, 6.45) is 4.21. The molecule has 0 saturated carbocycles. The Balaban J connectivity index is 1.49. The van der Waals surface area contributed by atoms with Crippen LogP contribution in [0.25, 0.3) is 11.5 Å². The lowest BCUT2D eigenvalue weighted by Gasteiger charge is -2.31. The quantitative estimate of drug-likeness (QED) is 0.757. The summed E-state index contributed by atoms with van der Waals surface area (Å²) >= 11 is 0. The number of benzene rings is 1. The largest absolute Gasteiger partial charge is 0.497 e. The molecule has 1 atom stereocenters. The van der Waals surface area contributed by atoms with Gasteiger partial charge in [0.1, 0.15) is 11.5 Å². The number of H-pyrrole nitrogens is 1. The molecule has 2 aromatic heterocycles. The summed E-state index contributed by atoms with van der Waals surface area (Å²) in [4.78, 5) is 7.21. The highest BCUT2D eigenvalue weighted by Crippen LogP contribution is 2.29. The highest BCUT2D eigenvalue weighted by Gasteiger charge is 2.24. The number of piperidine rings is 1. The van der Waals surface area contributed by atoms with Crippen LogP contribution in [-0.2, 0) is 6.54 Å². The van der Waals surface area contributed by atoms with E-state index >= 15 is 0 Å². The zero-order valence-corrected chi connectivity index (χ0v) is 15.2. The van der Waals surface area contributed by atoms with E-state index in [-0.39, 0.29) is 0 Å². The molecule has 0 unspecified atom stereocenters. The van der Waals surface area contributed by atoms with Crippen LogP contribution in [0.4, 0.5) is 0 Å². The van der Waals surface area contributed by atoms with E-state index in [0.717, 1.165) is 42.4 Å². The Morgan fingerprint density at radius 1 is 1.35 bits per heavy atom. The van der Waals surface area contributed by atoms with E-state index in [2.05, 4.69) is 21.2 Å². The van der Waals surface area contributed by atoms with Gasteiger partial charge >= 0.3 is 0 Å². The minimum atomic E-state index is 0.510. The van der Waals surface area contributed by atoms with E-state index in [9.17, 15) is 0 Å². The van der Waals surface area contributed by atoms with Crippen molar-refractivity contribution in [1.82, 2.24) is 20.1 Å². The number of methoxy groups -OCH3 is 1. The molecule has 1 N–H and O–H groups in total. The minimum Gasteiger partial charge on any atom is -0.497 e. The standard InChI is InChI=1S/C20H24N4O2/c1-14-19(22-20(26-14)15-5-3-7-17(11-15)25-2)13-24-10-4-6-16(12-24)18-8-9-21-23-18/h3,5,7-9,11,16H,4,6,10,12-13H2,1-2H3,(H,21,23)/t16-/m0/s1. The van der Waals surface area contributed by atoms with Crippen LogP contribution in [0.1, 0.15) is 35.9 Å². The maximum Gasteiger partial charge on any atom is 0.226 e. The second-order valence-electron chi connectivity index (χ2n) is 6.84. The molecule has 3 aromatic rings. The Morgan fingerprint density at radius 3 is 3.08 bits per heavy atom. The molecule has 3 heterocycles. The molecule has 0 aliphatic carbocycles. The van der Waals surface area contributed by atoms with E-state index in [1.165, 1.54) is 18.5 Å². The average molecular weight is 352 g/mol. The number of aromatic nitrogens is 3. The lowest BCUT2D eigenvalue weighted by molar-refractivity contribution is 0.196. The maximum absolute atomic E-state index is 5.93. The summed E-state index contributed by atoms with van der Waals surface area (Å²) in [6.45, 7) is 4.90. The Labute approximate surface area is 153 Å².